The van der Waals surface area contributed by atoms with E-state index >= 15 is 0 Å². The fourth-order valence-electron chi connectivity index (χ4n) is 3.14. The number of anilines is 1. The van der Waals surface area contributed by atoms with Crippen LogP contribution in [0.2, 0.25) is 0 Å². The maximum atomic E-state index is 13.1. The number of hydrogen-bond acceptors (Lipinski definition) is 1. The van der Waals surface area contributed by atoms with Crippen LogP contribution in [-0.4, -0.2) is 5.91 Å². The van der Waals surface area contributed by atoms with Crippen LogP contribution in [0.15, 0.2) is 48.5 Å². The maximum Gasteiger partial charge on any atom is 0.235 e. The van der Waals surface area contributed by atoms with E-state index in [-0.39, 0.29) is 11.7 Å². The van der Waals surface area contributed by atoms with Gasteiger partial charge in [-0.05, 0) is 48.6 Å². The topological polar surface area (TPSA) is 29.1 Å². The molecule has 1 fully saturated rings. The molecule has 0 saturated heterocycles. The number of halogens is 1. The first-order chi connectivity index (χ1) is 10.7. The second kappa shape index (κ2) is 5.91. The highest BCUT2D eigenvalue weighted by molar-refractivity contribution is 6.00. The first kappa shape index (κ1) is 14.8. The molecule has 22 heavy (non-hydrogen) atoms. The molecule has 1 aliphatic rings. The lowest BCUT2D eigenvalue weighted by Crippen LogP contribution is -2.46. The quantitative estimate of drug-likeness (QED) is 0.887. The first-order valence-corrected chi connectivity index (χ1v) is 7.81. The van der Waals surface area contributed by atoms with Crippen LogP contribution in [0.4, 0.5) is 10.1 Å². The molecule has 0 radical (unpaired) electrons. The summed E-state index contributed by atoms with van der Waals surface area (Å²) in [5.41, 5.74) is 2.41. The van der Waals surface area contributed by atoms with Crippen molar-refractivity contribution in [1.29, 1.82) is 0 Å². The lowest BCUT2D eigenvalue weighted by Gasteiger charge is -2.40. The number of carbonyl (C=O) groups is 1. The second-order valence-corrected chi connectivity index (χ2v) is 5.91. The molecule has 1 amide bonds. The van der Waals surface area contributed by atoms with Crippen LogP contribution in [0.1, 0.15) is 37.3 Å². The lowest BCUT2D eigenvalue weighted by molar-refractivity contribution is -0.124. The van der Waals surface area contributed by atoms with Crippen molar-refractivity contribution in [1.82, 2.24) is 0 Å². The number of aryl methyl sites for hydroxylation is 1. The van der Waals surface area contributed by atoms with Crippen molar-refractivity contribution in [3.63, 3.8) is 0 Å². The summed E-state index contributed by atoms with van der Waals surface area (Å²) in [5.74, 6) is -0.249. The summed E-state index contributed by atoms with van der Waals surface area (Å²) < 4.78 is 13.1. The van der Waals surface area contributed by atoms with Gasteiger partial charge in [-0.2, -0.15) is 0 Å². The Bertz CT molecular complexity index is 674. The molecule has 114 valence electrons. The van der Waals surface area contributed by atoms with E-state index in [0.717, 1.165) is 42.5 Å². The third-order valence-corrected chi connectivity index (χ3v) is 4.69. The monoisotopic (exact) mass is 297 g/mol. The van der Waals surface area contributed by atoms with E-state index in [0.29, 0.717) is 0 Å². The van der Waals surface area contributed by atoms with Gasteiger partial charge in [0.1, 0.15) is 5.82 Å². The third-order valence-electron chi connectivity index (χ3n) is 4.69. The van der Waals surface area contributed by atoms with Gasteiger partial charge in [0.25, 0.3) is 0 Å². The van der Waals surface area contributed by atoms with Gasteiger partial charge >= 0.3 is 0 Å². The van der Waals surface area contributed by atoms with Crippen LogP contribution in [0.3, 0.4) is 0 Å². The second-order valence-electron chi connectivity index (χ2n) is 5.91. The van der Waals surface area contributed by atoms with Crippen LogP contribution < -0.4 is 5.32 Å². The van der Waals surface area contributed by atoms with E-state index in [1.165, 1.54) is 12.1 Å². The normalized spacial score (nSPS) is 15.9. The SMILES string of the molecule is CCc1ccccc1NC(=O)C1(c2ccc(F)cc2)CCC1. The average molecular weight is 297 g/mol. The van der Waals surface area contributed by atoms with Crippen molar-refractivity contribution < 1.29 is 9.18 Å². The van der Waals surface area contributed by atoms with Gasteiger partial charge < -0.3 is 5.32 Å². The molecule has 1 aliphatic carbocycles. The largest absolute Gasteiger partial charge is 0.325 e. The summed E-state index contributed by atoms with van der Waals surface area (Å²) >= 11 is 0. The van der Waals surface area contributed by atoms with Crippen molar-refractivity contribution in [3.8, 4) is 0 Å². The Labute approximate surface area is 130 Å². The molecular weight excluding hydrogens is 277 g/mol. The first-order valence-electron chi connectivity index (χ1n) is 7.81. The van der Waals surface area contributed by atoms with E-state index in [4.69, 9.17) is 0 Å². The molecule has 2 aromatic carbocycles. The third kappa shape index (κ3) is 2.52. The number of rotatable bonds is 4. The van der Waals surface area contributed by atoms with Gasteiger partial charge in [0, 0.05) is 5.69 Å². The van der Waals surface area contributed by atoms with Gasteiger partial charge in [0.2, 0.25) is 5.91 Å². The lowest BCUT2D eigenvalue weighted by atomic mass is 9.63. The molecule has 0 bridgehead atoms. The Hall–Kier alpha value is -2.16. The Morgan fingerprint density at radius 3 is 2.41 bits per heavy atom. The molecule has 0 atom stereocenters. The highest BCUT2D eigenvalue weighted by Crippen LogP contribution is 2.44. The van der Waals surface area contributed by atoms with Crippen LogP contribution in [-0.2, 0) is 16.6 Å². The summed E-state index contributed by atoms with van der Waals surface area (Å²) in [6.07, 6.45) is 3.54. The zero-order valence-electron chi connectivity index (χ0n) is 12.7. The van der Waals surface area contributed by atoms with E-state index in [9.17, 15) is 9.18 Å². The van der Waals surface area contributed by atoms with Gasteiger partial charge in [0.05, 0.1) is 5.41 Å². The van der Waals surface area contributed by atoms with Gasteiger partial charge in [0.15, 0.2) is 0 Å². The Morgan fingerprint density at radius 2 is 1.82 bits per heavy atom. The molecule has 0 spiro atoms. The zero-order chi connectivity index (χ0) is 15.6. The molecular formula is C19H20FNO. The van der Waals surface area contributed by atoms with Gasteiger partial charge in [-0.15, -0.1) is 0 Å². The Morgan fingerprint density at radius 1 is 1.14 bits per heavy atom. The summed E-state index contributed by atoms with van der Waals surface area (Å²) in [7, 11) is 0. The van der Waals surface area contributed by atoms with Crippen LogP contribution in [0, 0.1) is 5.82 Å². The van der Waals surface area contributed by atoms with Crippen LogP contribution >= 0.6 is 0 Å². The number of nitrogens with one attached hydrogen (secondary N) is 1. The summed E-state index contributed by atoms with van der Waals surface area (Å²) in [6.45, 7) is 2.07. The van der Waals surface area contributed by atoms with Crippen molar-refractivity contribution in [2.75, 3.05) is 5.32 Å². The highest BCUT2D eigenvalue weighted by atomic mass is 19.1. The Kier molecular flexibility index (Phi) is 3.97. The molecule has 1 N–H and O–H groups in total. The molecule has 0 unspecified atom stereocenters. The maximum absolute atomic E-state index is 13.1. The molecule has 0 aromatic heterocycles. The fraction of sp³-hybridized carbons (Fsp3) is 0.316. The number of amides is 1. The minimum absolute atomic E-state index is 0.0197. The van der Waals surface area contributed by atoms with Crippen molar-refractivity contribution in [2.24, 2.45) is 0 Å². The van der Waals surface area contributed by atoms with Gasteiger partial charge in [-0.3, -0.25) is 4.79 Å². The van der Waals surface area contributed by atoms with E-state index in [1.54, 1.807) is 12.1 Å². The molecule has 3 rings (SSSR count). The molecule has 0 heterocycles. The molecule has 2 nitrogen and oxygen atoms in total. The fourth-order valence-corrected chi connectivity index (χ4v) is 3.14. The minimum atomic E-state index is -0.505. The van der Waals surface area contributed by atoms with Crippen LogP contribution in [0.5, 0.6) is 0 Å². The van der Waals surface area contributed by atoms with E-state index in [1.807, 2.05) is 24.3 Å². The molecule has 2 aromatic rings. The number of benzene rings is 2. The highest BCUT2D eigenvalue weighted by Gasteiger charge is 2.45. The van der Waals surface area contributed by atoms with Crippen molar-refractivity contribution in [3.05, 3.63) is 65.5 Å². The van der Waals surface area contributed by atoms with E-state index in [2.05, 4.69) is 12.2 Å². The molecule has 3 heteroatoms. The molecule has 1 saturated carbocycles. The van der Waals surface area contributed by atoms with E-state index < -0.39 is 5.41 Å². The predicted octanol–water partition coefficient (Wildman–Crippen LogP) is 4.45. The van der Waals surface area contributed by atoms with Gasteiger partial charge in [-0.25, -0.2) is 4.39 Å². The summed E-state index contributed by atoms with van der Waals surface area (Å²) in [4.78, 5) is 12.9. The summed E-state index contributed by atoms with van der Waals surface area (Å²) in [6, 6.07) is 14.2. The van der Waals surface area contributed by atoms with Crippen molar-refractivity contribution >= 4 is 11.6 Å². The standard InChI is InChI=1S/C19H20FNO/c1-2-14-6-3-4-7-17(14)21-18(22)19(12-5-13-19)15-8-10-16(20)11-9-15/h3-4,6-11H,2,5,12-13H2,1H3,(H,21,22). The van der Waals surface area contributed by atoms with Crippen molar-refractivity contribution in [2.45, 2.75) is 38.0 Å². The van der Waals surface area contributed by atoms with Crippen LogP contribution in [0.25, 0.3) is 0 Å². The number of carbonyl (C=O) groups excluding carboxylic acids is 1. The summed E-state index contributed by atoms with van der Waals surface area (Å²) in [5, 5.41) is 3.08. The zero-order valence-corrected chi connectivity index (χ0v) is 12.7. The predicted molar refractivity (Wildman–Crippen MR) is 86.4 cm³/mol. The Balaban J connectivity index is 1.87. The van der Waals surface area contributed by atoms with Gasteiger partial charge in [-0.1, -0.05) is 43.7 Å². The molecule has 0 aliphatic heterocycles. The minimum Gasteiger partial charge on any atom is -0.325 e. The number of hydrogen-bond donors (Lipinski definition) is 1. The number of para-hydroxylation sites is 1. The average Bonchev–Trinajstić information content (AvgIpc) is 2.48. The smallest absolute Gasteiger partial charge is 0.235 e.